The third-order valence-electron chi connectivity index (χ3n) is 6.73. The van der Waals surface area contributed by atoms with E-state index in [1.807, 2.05) is 17.2 Å². The van der Waals surface area contributed by atoms with Crippen LogP contribution in [0, 0.1) is 5.92 Å². The molecule has 33 heavy (non-hydrogen) atoms. The van der Waals surface area contributed by atoms with Gasteiger partial charge in [-0.25, -0.2) is 0 Å². The number of nitrogens with one attached hydrogen (secondary N) is 1. The zero-order valence-corrected chi connectivity index (χ0v) is 19.1. The van der Waals surface area contributed by atoms with Crippen LogP contribution < -0.4 is 0 Å². The van der Waals surface area contributed by atoms with E-state index in [1.165, 1.54) is 16.5 Å². The molecule has 1 atom stereocenters. The Bertz CT molecular complexity index is 1230. The van der Waals surface area contributed by atoms with Crippen LogP contribution in [0.2, 0.25) is 0 Å². The third kappa shape index (κ3) is 4.55. The maximum Gasteiger partial charge on any atom is 0.227 e. The van der Waals surface area contributed by atoms with Crippen LogP contribution in [0.15, 0.2) is 79.3 Å². The second-order valence-electron chi connectivity index (χ2n) is 8.81. The number of H-pyrrole nitrogens is 1. The van der Waals surface area contributed by atoms with Crippen molar-refractivity contribution in [2.75, 3.05) is 26.2 Å². The molecule has 4 aromatic rings. The Morgan fingerprint density at radius 2 is 1.85 bits per heavy atom. The fourth-order valence-electron chi connectivity index (χ4n) is 4.99. The van der Waals surface area contributed by atoms with Crippen LogP contribution in [-0.4, -0.2) is 51.9 Å². The van der Waals surface area contributed by atoms with E-state index in [0.717, 1.165) is 55.8 Å². The maximum atomic E-state index is 13.5. The Morgan fingerprint density at radius 1 is 1.00 bits per heavy atom. The molecule has 1 fully saturated rings. The lowest BCUT2D eigenvalue weighted by atomic mass is 9.91. The number of carbonyl (C=O) groups excluding carboxylic acids is 1. The highest BCUT2D eigenvalue weighted by atomic mass is 16.2. The molecule has 5 rings (SSSR count). The Balaban J connectivity index is 1.41. The largest absolute Gasteiger partial charge is 0.361 e. The average molecular weight is 439 g/mol. The molecule has 2 aromatic heterocycles. The van der Waals surface area contributed by atoms with E-state index in [0.29, 0.717) is 0 Å². The van der Waals surface area contributed by atoms with Gasteiger partial charge in [-0.05, 0) is 42.2 Å². The molecule has 0 spiro atoms. The number of nitrogens with zero attached hydrogens (tertiary/aromatic N) is 3. The van der Waals surface area contributed by atoms with Crippen molar-refractivity contribution < 1.29 is 4.79 Å². The highest BCUT2D eigenvalue weighted by Crippen LogP contribution is 2.27. The fraction of sp³-hybridized carbons (Fsp3) is 0.286. The molecular formula is C28H30N4O. The Labute approximate surface area is 195 Å². The minimum atomic E-state index is -0.0736. The SMILES string of the molecule is CCN1CCN(Cc2c[nH]c3ccccc23)CC(Cc2ccccc2-c2cccnc2)C1=O. The number of aromatic nitrogens is 2. The highest BCUT2D eigenvalue weighted by molar-refractivity contribution is 5.83. The predicted molar refractivity (Wildman–Crippen MR) is 133 cm³/mol. The number of hydrogen-bond acceptors (Lipinski definition) is 3. The van der Waals surface area contributed by atoms with E-state index in [-0.39, 0.29) is 11.8 Å². The van der Waals surface area contributed by atoms with E-state index in [4.69, 9.17) is 0 Å². The van der Waals surface area contributed by atoms with Gasteiger partial charge in [0.15, 0.2) is 0 Å². The summed E-state index contributed by atoms with van der Waals surface area (Å²) in [5.74, 6) is 0.190. The molecule has 5 nitrogen and oxygen atoms in total. The number of carbonyl (C=O) groups is 1. The van der Waals surface area contributed by atoms with Gasteiger partial charge in [0.05, 0.1) is 5.92 Å². The standard InChI is InChI=1S/C28H30N4O/c1-2-32-15-14-31(20-24-18-30-27-12-6-5-11-26(24)27)19-23(28(32)33)16-21-8-3-4-10-25(21)22-9-7-13-29-17-22/h3-13,17-18,23,30H,2,14-16,19-20H2,1H3. The van der Waals surface area contributed by atoms with Crippen molar-refractivity contribution in [3.05, 3.63) is 90.4 Å². The number of benzene rings is 2. The van der Waals surface area contributed by atoms with Gasteiger partial charge in [-0.15, -0.1) is 0 Å². The first-order chi connectivity index (χ1) is 16.2. The van der Waals surface area contributed by atoms with Crippen molar-refractivity contribution in [2.45, 2.75) is 19.9 Å². The van der Waals surface area contributed by atoms with E-state index in [2.05, 4.69) is 82.6 Å². The Hall–Kier alpha value is -3.44. The number of likely N-dealkylation sites (N-methyl/N-ethyl adjacent to an activating group) is 1. The molecule has 3 heterocycles. The Morgan fingerprint density at radius 3 is 2.70 bits per heavy atom. The molecule has 5 heteroatoms. The minimum absolute atomic E-state index is 0.0736. The summed E-state index contributed by atoms with van der Waals surface area (Å²) in [5, 5.41) is 1.26. The van der Waals surface area contributed by atoms with E-state index >= 15 is 0 Å². The quantitative estimate of drug-likeness (QED) is 0.473. The fourth-order valence-corrected chi connectivity index (χ4v) is 4.99. The summed E-state index contributed by atoms with van der Waals surface area (Å²) in [6.45, 7) is 6.10. The molecule has 1 unspecified atom stereocenters. The molecule has 1 aliphatic rings. The smallest absolute Gasteiger partial charge is 0.227 e. The van der Waals surface area contributed by atoms with Crippen molar-refractivity contribution in [1.29, 1.82) is 0 Å². The molecule has 1 aliphatic heterocycles. The first kappa shape index (κ1) is 21.4. The van der Waals surface area contributed by atoms with E-state index in [1.54, 1.807) is 6.20 Å². The molecule has 1 amide bonds. The monoisotopic (exact) mass is 438 g/mol. The molecule has 168 valence electrons. The number of pyridine rings is 1. The normalized spacial score (nSPS) is 17.4. The van der Waals surface area contributed by atoms with Crippen LogP contribution in [0.3, 0.4) is 0 Å². The van der Waals surface area contributed by atoms with Crippen LogP contribution in [-0.2, 0) is 17.8 Å². The van der Waals surface area contributed by atoms with Gasteiger partial charge in [0.2, 0.25) is 5.91 Å². The predicted octanol–water partition coefficient (Wildman–Crippen LogP) is 4.75. The summed E-state index contributed by atoms with van der Waals surface area (Å²) >= 11 is 0. The summed E-state index contributed by atoms with van der Waals surface area (Å²) in [6, 6.07) is 20.9. The van der Waals surface area contributed by atoms with Crippen LogP contribution in [0.25, 0.3) is 22.0 Å². The van der Waals surface area contributed by atoms with Gasteiger partial charge in [0, 0.05) is 67.8 Å². The lowest BCUT2D eigenvalue weighted by molar-refractivity contribution is -0.134. The molecule has 0 saturated carbocycles. The molecule has 0 bridgehead atoms. The van der Waals surface area contributed by atoms with Gasteiger partial charge in [-0.2, -0.15) is 0 Å². The zero-order chi connectivity index (χ0) is 22.6. The van der Waals surface area contributed by atoms with E-state index < -0.39 is 0 Å². The number of hydrogen-bond donors (Lipinski definition) is 1. The van der Waals surface area contributed by atoms with Crippen LogP contribution in [0.1, 0.15) is 18.1 Å². The summed E-state index contributed by atoms with van der Waals surface area (Å²) in [6.07, 6.45) is 6.53. The van der Waals surface area contributed by atoms with Crippen molar-refractivity contribution in [3.63, 3.8) is 0 Å². The second kappa shape index (κ2) is 9.59. The number of fused-ring (bicyclic) bond motifs is 1. The average Bonchev–Trinajstić information content (AvgIpc) is 3.20. The van der Waals surface area contributed by atoms with Crippen LogP contribution >= 0.6 is 0 Å². The minimum Gasteiger partial charge on any atom is -0.361 e. The number of para-hydroxylation sites is 1. The van der Waals surface area contributed by atoms with Crippen molar-refractivity contribution >= 4 is 16.8 Å². The molecule has 0 aliphatic carbocycles. The second-order valence-corrected chi connectivity index (χ2v) is 8.81. The van der Waals surface area contributed by atoms with Gasteiger partial charge in [0.25, 0.3) is 0 Å². The van der Waals surface area contributed by atoms with Crippen molar-refractivity contribution in [2.24, 2.45) is 5.92 Å². The molecular weight excluding hydrogens is 408 g/mol. The Kier molecular flexibility index (Phi) is 6.22. The molecule has 2 aromatic carbocycles. The van der Waals surface area contributed by atoms with Gasteiger partial charge < -0.3 is 9.88 Å². The maximum absolute atomic E-state index is 13.5. The van der Waals surface area contributed by atoms with Gasteiger partial charge in [-0.3, -0.25) is 14.7 Å². The zero-order valence-electron chi connectivity index (χ0n) is 19.1. The van der Waals surface area contributed by atoms with Crippen molar-refractivity contribution in [3.8, 4) is 11.1 Å². The molecule has 1 N–H and O–H groups in total. The van der Waals surface area contributed by atoms with Gasteiger partial charge in [-0.1, -0.05) is 48.5 Å². The summed E-state index contributed by atoms with van der Waals surface area (Å²) in [4.78, 5) is 25.6. The van der Waals surface area contributed by atoms with Gasteiger partial charge in [0.1, 0.15) is 0 Å². The lowest BCUT2D eigenvalue weighted by Crippen LogP contribution is -2.37. The molecule has 0 radical (unpaired) electrons. The number of rotatable bonds is 6. The summed E-state index contributed by atoms with van der Waals surface area (Å²) in [5.41, 5.74) is 5.91. The third-order valence-corrected chi connectivity index (χ3v) is 6.73. The topological polar surface area (TPSA) is 52.2 Å². The summed E-state index contributed by atoms with van der Waals surface area (Å²) in [7, 11) is 0. The van der Waals surface area contributed by atoms with E-state index in [9.17, 15) is 4.79 Å². The lowest BCUT2D eigenvalue weighted by Gasteiger charge is -2.24. The first-order valence-corrected chi connectivity index (χ1v) is 11.8. The van der Waals surface area contributed by atoms with Crippen LogP contribution in [0.4, 0.5) is 0 Å². The number of amides is 1. The van der Waals surface area contributed by atoms with Gasteiger partial charge >= 0.3 is 0 Å². The highest BCUT2D eigenvalue weighted by Gasteiger charge is 2.30. The van der Waals surface area contributed by atoms with Crippen molar-refractivity contribution in [1.82, 2.24) is 19.8 Å². The number of aromatic amines is 1. The summed E-state index contributed by atoms with van der Waals surface area (Å²) < 4.78 is 0. The molecule has 1 saturated heterocycles. The first-order valence-electron chi connectivity index (χ1n) is 11.8. The van der Waals surface area contributed by atoms with Crippen LogP contribution in [0.5, 0.6) is 0 Å².